The number of nitrogens with one attached hydrogen (secondary N) is 1. The lowest BCUT2D eigenvalue weighted by Crippen LogP contribution is -2.47. The van der Waals surface area contributed by atoms with Crippen molar-refractivity contribution in [3.63, 3.8) is 0 Å². The van der Waals surface area contributed by atoms with Gasteiger partial charge in [0.25, 0.3) is 0 Å². The molecule has 3 rings (SSSR count). The number of hydrogen-bond donors (Lipinski definition) is 1. The van der Waals surface area contributed by atoms with Crippen LogP contribution in [0.1, 0.15) is 56.9 Å². The van der Waals surface area contributed by atoms with E-state index in [1.807, 2.05) is 35.2 Å². The highest BCUT2D eigenvalue weighted by molar-refractivity contribution is 5.82. The lowest BCUT2D eigenvalue weighted by atomic mass is 9.95. The van der Waals surface area contributed by atoms with Crippen molar-refractivity contribution < 1.29 is 9.59 Å². The normalized spacial score (nSPS) is 22.2. The Balaban J connectivity index is 1.51. The summed E-state index contributed by atoms with van der Waals surface area (Å²) in [6, 6.07) is 10.2. The fraction of sp³-hybridized carbons (Fsp3) is 0.619. The molecule has 0 radical (unpaired) electrons. The Bertz CT molecular complexity index is 565. The molecule has 2 aliphatic rings. The van der Waals surface area contributed by atoms with E-state index in [9.17, 15) is 9.59 Å². The Morgan fingerprint density at radius 1 is 0.960 bits per heavy atom. The Kier molecular flexibility index (Phi) is 6.48. The van der Waals surface area contributed by atoms with E-state index < -0.39 is 0 Å². The highest BCUT2D eigenvalue weighted by Crippen LogP contribution is 2.21. The number of nitrogens with zero attached hydrogens (tertiary/aromatic N) is 1. The van der Waals surface area contributed by atoms with Crippen LogP contribution in [0.15, 0.2) is 30.3 Å². The molecular formula is C21H30N2O2. The molecule has 2 fully saturated rings. The summed E-state index contributed by atoms with van der Waals surface area (Å²) < 4.78 is 0. The molecule has 4 heteroatoms. The van der Waals surface area contributed by atoms with E-state index in [0.29, 0.717) is 19.0 Å². The molecule has 1 N–H and O–H groups in total. The molecule has 1 saturated carbocycles. The maximum absolute atomic E-state index is 12.7. The molecule has 1 aromatic rings. The molecule has 25 heavy (non-hydrogen) atoms. The first kappa shape index (κ1) is 18.0. The van der Waals surface area contributed by atoms with Crippen molar-refractivity contribution in [2.45, 2.75) is 63.8 Å². The number of hydrogen-bond acceptors (Lipinski definition) is 2. The van der Waals surface area contributed by atoms with Crippen molar-refractivity contribution in [1.29, 1.82) is 0 Å². The van der Waals surface area contributed by atoms with Crippen molar-refractivity contribution in [2.75, 3.05) is 13.1 Å². The molecule has 4 nitrogen and oxygen atoms in total. The largest absolute Gasteiger partial charge is 0.353 e. The minimum Gasteiger partial charge on any atom is -0.353 e. The number of amides is 2. The van der Waals surface area contributed by atoms with Crippen LogP contribution in [-0.4, -0.2) is 35.8 Å². The van der Waals surface area contributed by atoms with Gasteiger partial charge in [-0.2, -0.15) is 0 Å². The molecule has 0 bridgehead atoms. The molecular weight excluding hydrogens is 312 g/mol. The molecule has 1 aliphatic heterocycles. The second kappa shape index (κ2) is 9.02. The molecule has 1 aromatic carbocycles. The summed E-state index contributed by atoms with van der Waals surface area (Å²) >= 11 is 0. The van der Waals surface area contributed by atoms with Crippen molar-refractivity contribution >= 4 is 11.8 Å². The maximum Gasteiger partial charge on any atom is 0.227 e. The maximum atomic E-state index is 12.7. The quantitative estimate of drug-likeness (QED) is 0.854. The van der Waals surface area contributed by atoms with E-state index in [2.05, 4.69) is 5.32 Å². The van der Waals surface area contributed by atoms with Crippen LogP contribution in [0.25, 0.3) is 0 Å². The third kappa shape index (κ3) is 5.32. The van der Waals surface area contributed by atoms with Crippen molar-refractivity contribution in [2.24, 2.45) is 5.92 Å². The van der Waals surface area contributed by atoms with E-state index in [4.69, 9.17) is 0 Å². The second-order valence-electron chi connectivity index (χ2n) is 7.54. The fourth-order valence-corrected chi connectivity index (χ4v) is 4.04. The zero-order chi connectivity index (χ0) is 17.5. The molecule has 0 spiro atoms. The van der Waals surface area contributed by atoms with E-state index in [1.54, 1.807) is 0 Å². The van der Waals surface area contributed by atoms with Gasteiger partial charge in [-0.1, -0.05) is 56.0 Å². The van der Waals surface area contributed by atoms with Gasteiger partial charge < -0.3 is 10.2 Å². The highest BCUT2D eigenvalue weighted by Gasteiger charge is 2.29. The molecule has 1 heterocycles. The molecule has 1 saturated heterocycles. The number of likely N-dealkylation sites (tertiary alicyclic amines) is 1. The molecule has 1 aliphatic carbocycles. The summed E-state index contributed by atoms with van der Waals surface area (Å²) in [5.74, 6) is 0.249. The van der Waals surface area contributed by atoms with E-state index in [0.717, 1.165) is 37.8 Å². The third-order valence-electron chi connectivity index (χ3n) is 5.54. The van der Waals surface area contributed by atoms with Gasteiger partial charge in [0.2, 0.25) is 11.8 Å². The molecule has 0 aromatic heterocycles. The number of rotatable bonds is 4. The lowest BCUT2D eigenvalue weighted by molar-refractivity contribution is -0.135. The number of piperidine rings is 1. The number of benzene rings is 1. The van der Waals surface area contributed by atoms with Crippen LogP contribution in [0.5, 0.6) is 0 Å². The Labute approximate surface area is 151 Å². The Morgan fingerprint density at radius 3 is 2.40 bits per heavy atom. The zero-order valence-corrected chi connectivity index (χ0v) is 15.1. The summed E-state index contributed by atoms with van der Waals surface area (Å²) in [7, 11) is 0. The van der Waals surface area contributed by atoms with Crippen LogP contribution < -0.4 is 5.32 Å². The smallest absolute Gasteiger partial charge is 0.227 e. The monoisotopic (exact) mass is 342 g/mol. The third-order valence-corrected chi connectivity index (χ3v) is 5.54. The van der Waals surface area contributed by atoms with Gasteiger partial charge in [0.05, 0.1) is 12.3 Å². The van der Waals surface area contributed by atoms with Gasteiger partial charge in [0.15, 0.2) is 0 Å². The summed E-state index contributed by atoms with van der Waals surface area (Å²) in [6.07, 6.45) is 9.47. The standard InChI is InChI=1S/C21H30N2O2/c24-20(15-17-9-4-3-5-10-17)23-14-8-11-18(16-23)21(25)22-19-12-6-1-2-7-13-19/h3-5,9-10,18-19H,1-2,6-8,11-16H2,(H,22,25). The zero-order valence-electron chi connectivity index (χ0n) is 15.1. The van der Waals surface area contributed by atoms with Crippen molar-refractivity contribution in [3.8, 4) is 0 Å². The molecule has 1 unspecified atom stereocenters. The van der Waals surface area contributed by atoms with Gasteiger partial charge >= 0.3 is 0 Å². The number of carbonyl (C=O) groups excluding carboxylic acids is 2. The van der Waals surface area contributed by atoms with Crippen LogP contribution in [-0.2, 0) is 16.0 Å². The predicted molar refractivity (Wildman–Crippen MR) is 99.1 cm³/mol. The van der Waals surface area contributed by atoms with Crippen molar-refractivity contribution in [1.82, 2.24) is 10.2 Å². The van der Waals surface area contributed by atoms with E-state index in [1.165, 1.54) is 25.7 Å². The second-order valence-corrected chi connectivity index (χ2v) is 7.54. The predicted octanol–water partition coefficient (Wildman–Crippen LogP) is 3.31. The Hall–Kier alpha value is -1.84. The average Bonchev–Trinajstić information content (AvgIpc) is 2.91. The van der Waals surface area contributed by atoms with Gasteiger partial charge in [-0.3, -0.25) is 9.59 Å². The topological polar surface area (TPSA) is 49.4 Å². The molecule has 2 amide bonds. The first-order valence-corrected chi connectivity index (χ1v) is 9.84. The summed E-state index contributed by atoms with van der Waals surface area (Å²) in [5.41, 5.74) is 1.04. The van der Waals surface area contributed by atoms with Gasteiger partial charge in [-0.15, -0.1) is 0 Å². The minimum atomic E-state index is -0.0447. The van der Waals surface area contributed by atoms with Gasteiger partial charge in [0, 0.05) is 19.1 Å². The lowest BCUT2D eigenvalue weighted by Gasteiger charge is -2.33. The highest BCUT2D eigenvalue weighted by atomic mass is 16.2. The molecule has 136 valence electrons. The van der Waals surface area contributed by atoms with E-state index >= 15 is 0 Å². The van der Waals surface area contributed by atoms with Crippen LogP contribution >= 0.6 is 0 Å². The van der Waals surface area contributed by atoms with Crippen LogP contribution in [0.3, 0.4) is 0 Å². The summed E-state index contributed by atoms with van der Waals surface area (Å²) in [4.78, 5) is 27.1. The SMILES string of the molecule is O=C(NC1CCCCCC1)C1CCCN(C(=O)Cc2ccccc2)C1. The van der Waals surface area contributed by atoms with Gasteiger partial charge in [-0.05, 0) is 31.2 Å². The van der Waals surface area contributed by atoms with Crippen molar-refractivity contribution in [3.05, 3.63) is 35.9 Å². The number of carbonyl (C=O) groups is 2. The summed E-state index contributed by atoms with van der Waals surface area (Å²) in [6.45, 7) is 1.35. The van der Waals surface area contributed by atoms with Crippen LogP contribution in [0.2, 0.25) is 0 Å². The fourth-order valence-electron chi connectivity index (χ4n) is 4.04. The van der Waals surface area contributed by atoms with Crippen LogP contribution in [0.4, 0.5) is 0 Å². The average molecular weight is 342 g/mol. The summed E-state index contributed by atoms with van der Waals surface area (Å²) in [5, 5.41) is 3.26. The van der Waals surface area contributed by atoms with E-state index in [-0.39, 0.29) is 17.7 Å². The van der Waals surface area contributed by atoms with Crippen LogP contribution in [0, 0.1) is 5.92 Å². The first-order chi connectivity index (χ1) is 12.2. The first-order valence-electron chi connectivity index (χ1n) is 9.84. The minimum absolute atomic E-state index is 0.0447. The van der Waals surface area contributed by atoms with Gasteiger partial charge in [-0.25, -0.2) is 0 Å². The van der Waals surface area contributed by atoms with Gasteiger partial charge in [0.1, 0.15) is 0 Å². The molecule has 1 atom stereocenters. The Morgan fingerprint density at radius 2 is 1.68 bits per heavy atom.